The van der Waals surface area contributed by atoms with Gasteiger partial charge in [0.2, 0.25) is 0 Å². The zero-order valence-electron chi connectivity index (χ0n) is 11.1. The first-order valence-corrected chi connectivity index (χ1v) is 7.69. The molecule has 0 aromatic carbocycles. The third-order valence-corrected chi connectivity index (χ3v) is 5.13. The van der Waals surface area contributed by atoms with Crippen LogP contribution in [0.3, 0.4) is 0 Å². The van der Waals surface area contributed by atoms with Crippen molar-refractivity contribution in [2.24, 2.45) is 11.8 Å². The number of imidazole rings is 1. The number of hydrogen-bond acceptors (Lipinski definition) is 2. The Hall–Kier alpha value is -1.09. The topological polar surface area (TPSA) is 30.7 Å². The smallest absolute Gasteiger partial charge is 0.160 e. The van der Waals surface area contributed by atoms with Crippen LogP contribution in [0.1, 0.15) is 43.1 Å². The Balaban J connectivity index is 1.88. The van der Waals surface area contributed by atoms with E-state index in [1.165, 1.54) is 25.7 Å². The Bertz CT molecular complexity index is 634. The van der Waals surface area contributed by atoms with Gasteiger partial charge in [-0.3, -0.25) is 0 Å². The van der Waals surface area contributed by atoms with Gasteiger partial charge in [0.1, 0.15) is 11.3 Å². The largest absolute Gasteiger partial charge is 0.308 e. The molecule has 2 aromatic heterocycles. The second-order valence-corrected chi connectivity index (χ2v) is 6.40. The average Bonchev–Trinajstić information content (AvgIpc) is 3.09. The highest BCUT2D eigenvalue weighted by atomic mass is 35.5. The molecule has 2 aliphatic carbocycles. The Morgan fingerprint density at radius 1 is 1.37 bits per heavy atom. The average molecular weight is 276 g/mol. The fraction of sp³-hybridized carbons (Fsp3) is 0.600. The van der Waals surface area contributed by atoms with Crippen LogP contribution in [0.4, 0.5) is 0 Å². The number of aryl methyl sites for hydroxylation is 1. The Morgan fingerprint density at radius 2 is 2.26 bits per heavy atom. The fourth-order valence-electron chi connectivity index (χ4n) is 4.10. The minimum Gasteiger partial charge on any atom is -0.308 e. The van der Waals surface area contributed by atoms with Crippen LogP contribution in [0.5, 0.6) is 0 Å². The van der Waals surface area contributed by atoms with Crippen LogP contribution in [0.2, 0.25) is 0 Å². The molecule has 100 valence electrons. The van der Waals surface area contributed by atoms with Crippen molar-refractivity contribution < 1.29 is 0 Å². The van der Waals surface area contributed by atoms with Crippen molar-refractivity contribution in [1.82, 2.24) is 14.5 Å². The second kappa shape index (κ2) is 4.20. The van der Waals surface area contributed by atoms with Gasteiger partial charge in [-0.2, -0.15) is 0 Å². The molecule has 3 nitrogen and oxygen atoms in total. The van der Waals surface area contributed by atoms with Crippen molar-refractivity contribution in [2.45, 2.75) is 44.5 Å². The third kappa shape index (κ3) is 1.71. The lowest BCUT2D eigenvalue weighted by Gasteiger charge is -2.24. The van der Waals surface area contributed by atoms with Crippen molar-refractivity contribution in [3.8, 4) is 0 Å². The number of alkyl halides is 1. The van der Waals surface area contributed by atoms with E-state index < -0.39 is 0 Å². The van der Waals surface area contributed by atoms with Crippen molar-refractivity contribution in [2.75, 3.05) is 0 Å². The maximum absolute atomic E-state index is 6.11. The van der Waals surface area contributed by atoms with E-state index in [1.807, 2.05) is 6.20 Å². The summed E-state index contributed by atoms with van der Waals surface area (Å²) in [7, 11) is 0. The first-order valence-electron chi connectivity index (χ1n) is 7.15. The van der Waals surface area contributed by atoms with Crippen molar-refractivity contribution >= 4 is 22.8 Å². The maximum atomic E-state index is 6.11. The lowest BCUT2D eigenvalue weighted by atomic mass is 9.95. The van der Waals surface area contributed by atoms with Crippen LogP contribution in [0.15, 0.2) is 12.3 Å². The molecule has 2 aromatic rings. The molecule has 2 fully saturated rings. The van der Waals surface area contributed by atoms with E-state index in [2.05, 4.69) is 27.5 Å². The van der Waals surface area contributed by atoms with Crippen LogP contribution in [-0.4, -0.2) is 14.5 Å². The predicted molar refractivity (Wildman–Crippen MR) is 76.3 cm³/mol. The number of rotatable bonds is 2. The first-order chi connectivity index (χ1) is 9.26. The van der Waals surface area contributed by atoms with Crippen LogP contribution in [0.25, 0.3) is 11.2 Å². The highest BCUT2D eigenvalue weighted by molar-refractivity contribution is 6.16. The van der Waals surface area contributed by atoms with Gasteiger partial charge >= 0.3 is 0 Å². The van der Waals surface area contributed by atoms with Gasteiger partial charge in [-0.05, 0) is 49.7 Å². The lowest BCUT2D eigenvalue weighted by molar-refractivity contribution is 0.330. The zero-order valence-corrected chi connectivity index (χ0v) is 11.9. The molecule has 19 heavy (non-hydrogen) atoms. The summed E-state index contributed by atoms with van der Waals surface area (Å²) in [4.78, 5) is 9.31. The third-order valence-electron chi connectivity index (χ3n) is 4.89. The van der Waals surface area contributed by atoms with Gasteiger partial charge < -0.3 is 4.57 Å². The van der Waals surface area contributed by atoms with Crippen LogP contribution in [-0.2, 0) is 5.88 Å². The van der Waals surface area contributed by atoms with Gasteiger partial charge in [0.25, 0.3) is 0 Å². The molecule has 0 aliphatic heterocycles. The Labute approximate surface area is 118 Å². The quantitative estimate of drug-likeness (QED) is 0.780. The highest BCUT2D eigenvalue weighted by Crippen LogP contribution is 2.51. The number of fused-ring (bicyclic) bond motifs is 3. The fourth-order valence-corrected chi connectivity index (χ4v) is 4.29. The van der Waals surface area contributed by atoms with E-state index in [1.54, 1.807) is 0 Å². The maximum Gasteiger partial charge on any atom is 0.160 e. The number of halogens is 1. The van der Waals surface area contributed by atoms with E-state index in [-0.39, 0.29) is 0 Å². The van der Waals surface area contributed by atoms with Gasteiger partial charge in [0.05, 0.1) is 5.88 Å². The van der Waals surface area contributed by atoms with Crippen LogP contribution >= 0.6 is 11.6 Å². The molecule has 3 unspecified atom stereocenters. The molecule has 4 heteroatoms. The summed E-state index contributed by atoms with van der Waals surface area (Å²) in [5.41, 5.74) is 3.18. The Kier molecular flexibility index (Phi) is 2.59. The van der Waals surface area contributed by atoms with Crippen LogP contribution in [0, 0.1) is 18.8 Å². The second-order valence-electron chi connectivity index (χ2n) is 6.13. The summed E-state index contributed by atoms with van der Waals surface area (Å²) in [6, 6.07) is 2.69. The van der Waals surface area contributed by atoms with E-state index >= 15 is 0 Å². The molecule has 0 amide bonds. The number of hydrogen-bond donors (Lipinski definition) is 0. The molecular weight excluding hydrogens is 258 g/mol. The van der Waals surface area contributed by atoms with Gasteiger partial charge in [-0.1, -0.05) is 6.42 Å². The molecule has 0 saturated heterocycles. The van der Waals surface area contributed by atoms with Gasteiger partial charge in [0, 0.05) is 12.2 Å². The van der Waals surface area contributed by atoms with E-state index in [9.17, 15) is 0 Å². The molecule has 0 N–H and O–H groups in total. The number of nitrogens with zero attached hydrogens (tertiary/aromatic N) is 3. The molecule has 2 saturated carbocycles. The van der Waals surface area contributed by atoms with Gasteiger partial charge in [-0.25, -0.2) is 9.97 Å². The number of aromatic nitrogens is 3. The van der Waals surface area contributed by atoms with Crippen molar-refractivity contribution in [1.29, 1.82) is 0 Å². The molecule has 0 spiro atoms. The predicted octanol–water partition coefficient (Wildman–Crippen LogP) is 3.84. The van der Waals surface area contributed by atoms with Crippen LogP contribution < -0.4 is 0 Å². The molecule has 2 bridgehead atoms. The summed E-state index contributed by atoms with van der Waals surface area (Å²) in [6.45, 7) is 2.06. The standard InChI is InChI=1S/C15H18ClN3/c1-9-4-12-15(17-8-9)19(14(7-16)18-12)13-6-10-2-3-11(13)5-10/h4,8,10-11,13H,2-3,5-7H2,1H3. The minimum absolute atomic E-state index is 0.475. The molecule has 2 heterocycles. The minimum atomic E-state index is 0.475. The summed E-state index contributed by atoms with van der Waals surface area (Å²) in [5, 5.41) is 0. The molecule has 4 rings (SSSR count). The van der Waals surface area contributed by atoms with Gasteiger partial charge in [0.15, 0.2) is 5.65 Å². The lowest BCUT2D eigenvalue weighted by Crippen LogP contribution is -2.18. The van der Waals surface area contributed by atoms with Gasteiger partial charge in [-0.15, -0.1) is 11.6 Å². The van der Waals surface area contributed by atoms with Crippen molar-refractivity contribution in [3.05, 3.63) is 23.7 Å². The highest BCUT2D eigenvalue weighted by Gasteiger charge is 2.41. The monoisotopic (exact) mass is 275 g/mol. The molecule has 3 atom stereocenters. The number of pyridine rings is 1. The Morgan fingerprint density at radius 3 is 2.95 bits per heavy atom. The van der Waals surface area contributed by atoms with E-state index in [4.69, 9.17) is 11.6 Å². The molecular formula is C15H18ClN3. The summed E-state index contributed by atoms with van der Waals surface area (Å²) in [5.74, 6) is 3.20. The summed E-state index contributed by atoms with van der Waals surface area (Å²) in [6.07, 6.45) is 7.39. The summed E-state index contributed by atoms with van der Waals surface area (Å²) < 4.78 is 2.34. The summed E-state index contributed by atoms with van der Waals surface area (Å²) >= 11 is 6.11. The van der Waals surface area contributed by atoms with E-state index in [0.29, 0.717) is 11.9 Å². The van der Waals surface area contributed by atoms with Crippen molar-refractivity contribution in [3.63, 3.8) is 0 Å². The first kappa shape index (κ1) is 11.7. The normalized spacial score (nSPS) is 29.5. The molecule has 0 radical (unpaired) electrons. The SMILES string of the molecule is Cc1cnc2c(c1)nc(CCl)n2C1CC2CCC1C2. The molecule has 2 aliphatic rings. The van der Waals surface area contributed by atoms with E-state index in [0.717, 1.165) is 34.4 Å². The zero-order chi connectivity index (χ0) is 13.0.